The molecule has 144 valence electrons. The van der Waals surface area contributed by atoms with Gasteiger partial charge in [-0.25, -0.2) is 0 Å². The summed E-state index contributed by atoms with van der Waals surface area (Å²) in [7, 11) is 0. The van der Waals surface area contributed by atoms with E-state index in [1.807, 2.05) is 42.5 Å². The first-order valence-corrected chi connectivity index (χ1v) is 10.3. The highest BCUT2D eigenvalue weighted by Crippen LogP contribution is 2.47. The van der Waals surface area contributed by atoms with Gasteiger partial charge in [0.2, 0.25) is 0 Å². The topological polar surface area (TPSA) is 9.23 Å². The molecule has 2 heteroatoms. The van der Waals surface area contributed by atoms with Crippen LogP contribution in [-0.2, 0) is 10.8 Å². The molecular formula is C26H27ClO. The van der Waals surface area contributed by atoms with Crippen LogP contribution >= 0.6 is 11.6 Å². The van der Waals surface area contributed by atoms with E-state index in [4.69, 9.17) is 16.3 Å². The van der Waals surface area contributed by atoms with Crippen molar-refractivity contribution in [1.29, 1.82) is 0 Å². The van der Waals surface area contributed by atoms with Crippen molar-refractivity contribution in [3.05, 3.63) is 82.9 Å². The molecule has 0 saturated carbocycles. The van der Waals surface area contributed by atoms with Crippen molar-refractivity contribution >= 4 is 11.6 Å². The Morgan fingerprint density at radius 2 is 1.36 bits per heavy atom. The van der Waals surface area contributed by atoms with Crippen molar-refractivity contribution in [1.82, 2.24) is 0 Å². The van der Waals surface area contributed by atoms with Gasteiger partial charge < -0.3 is 4.74 Å². The van der Waals surface area contributed by atoms with Gasteiger partial charge in [0, 0.05) is 5.02 Å². The number of hydrogen-bond donors (Lipinski definition) is 0. The lowest BCUT2D eigenvalue weighted by Crippen LogP contribution is -2.33. The van der Waals surface area contributed by atoms with E-state index in [0.29, 0.717) is 5.02 Å². The van der Waals surface area contributed by atoms with Gasteiger partial charge in [-0.1, -0.05) is 75.7 Å². The average Bonchev–Trinajstić information content (AvgIpc) is 2.66. The van der Waals surface area contributed by atoms with E-state index in [-0.39, 0.29) is 10.8 Å². The predicted molar refractivity (Wildman–Crippen MR) is 119 cm³/mol. The summed E-state index contributed by atoms with van der Waals surface area (Å²) in [5.74, 6) is 1.56. The third-order valence-corrected chi connectivity index (χ3v) is 6.25. The van der Waals surface area contributed by atoms with E-state index in [0.717, 1.165) is 17.1 Å². The minimum Gasteiger partial charge on any atom is -0.457 e. The normalized spacial score (nSPS) is 17.0. The molecule has 0 radical (unpaired) electrons. The largest absolute Gasteiger partial charge is 0.457 e. The van der Waals surface area contributed by atoms with Crippen LogP contribution < -0.4 is 4.74 Å². The fourth-order valence-electron chi connectivity index (χ4n) is 4.18. The summed E-state index contributed by atoms with van der Waals surface area (Å²) in [4.78, 5) is 0. The summed E-state index contributed by atoms with van der Waals surface area (Å²) in [6, 6.07) is 22.6. The maximum absolute atomic E-state index is 6.43. The molecule has 0 bridgehead atoms. The second-order valence-corrected chi connectivity index (χ2v) is 9.56. The van der Waals surface area contributed by atoms with E-state index < -0.39 is 0 Å². The Balaban J connectivity index is 1.76. The zero-order valence-electron chi connectivity index (χ0n) is 17.1. The first-order valence-electron chi connectivity index (χ1n) is 9.94. The van der Waals surface area contributed by atoms with Crippen LogP contribution in [0.4, 0.5) is 0 Å². The standard InChI is InChI=1S/C26H27ClO/c1-25(2)12-13-26(3,4)24-16-18(10-11-23(24)25)19-14-20(27)17-22(15-19)28-21-8-6-5-7-9-21/h5-11,14-17H,12-13H2,1-4H3. The summed E-state index contributed by atoms with van der Waals surface area (Å²) >= 11 is 6.43. The van der Waals surface area contributed by atoms with Crippen molar-refractivity contribution in [3.63, 3.8) is 0 Å². The van der Waals surface area contributed by atoms with Gasteiger partial charge in [-0.15, -0.1) is 0 Å². The Morgan fingerprint density at radius 1 is 0.679 bits per heavy atom. The van der Waals surface area contributed by atoms with Crippen LogP contribution in [0.1, 0.15) is 51.7 Å². The van der Waals surface area contributed by atoms with Crippen molar-refractivity contribution in [2.75, 3.05) is 0 Å². The molecule has 3 aromatic carbocycles. The number of fused-ring (bicyclic) bond motifs is 1. The molecule has 0 spiro atoms. The van der Waals surface area contributed by atoms with Crippen LogP contribution in [0.2, 0.25) is 5.02 Å². The quantitative estimate of drug-likeness (QED) is 0.438. The fraction of sp³-hybridized carbons (Fsp3) is 0.308. The van der Waals surface area contributed by atoms with E-state index in [1.54, 1.807) is 0 Å². The van der Waals surface area contributed by atoms with E-state index >= 15 is 0 Å². The molecule has 0 heterocycles. The van der Waals surface area contributed by atoms with Gasteiger partial charge in [0.25, 0.3) is 0 Å². The Bertz CT molecular complexity index is 1000. The summed E-state index contributed by atoms with van der Waals surface area (Å²) in [5, 5.41) is 0.681. The molecule has 1 aliphatic rings. The SMILES string of the molecule is CC1(C)CCC(C)(C)c2cc(-c3cc(Cl)cc(Oc4ccccc4)c3)ccc21. The molecule has 0 fully saturated rings. The number of hydrogen-bond acceptors (Lipinski definition) is 1. The number of ether oxygens (including phenoxy) is 1. The molecule has 0 amide bonds. The van der Waals surface area contributed by atoms with E-state index in [2.05, 4.69) is 52.0 Å². The molecule has 1 aliphatic carbocycles. The summed E-state index contributed by atoms with van der Waals surface area (Å²) in [6.45, 7) is 9.41. The van der Waals surface area contributed by atoms with Crippen molar-refractivity contribution in [2.45, 2.75) is 51.4 Å². The Labute approximate surface area is 173 Å². The summed E-state index contributed by atoms with van der Waals surface area (Å²) in [6.07, 6.45) is 2.42. The number of rotatable bonds is 3. The lowest BCUT2D eigenvalue weighted by atomic mass is 9.63. The van der Waals surface area contributed by atoms with Gasteiger partial charge in [0.05, 0.1) is 0 Å². The highest BCUT2D eigenvalue weighted by Gasteiger charge is 2.36. The van der Waals surface area contributed by atoms with Gasteiger partial charge in [-0.3, -0.25) is 0 Å². The smallest absolute Gasteiger partial charge is 0.129 e. The second kappa shape index (κ2) is 6.97. The molecule has 3 aromatic rings. The third-order valence-electron chi connectivity index (χ3n) is 6.04. The van der Waals surface area contributed by atoms with Gasteiger partial charge >= 0.3 is 0 Å². The molecule has 0 saturated heterocycles. The molecule has 28 heavy (non-hydrogen) atoms. The Hall–Kier alpha value is -2.25. The van der Waals surface area contributed by atoms with Crippen LogP contribution in [-0.4, -0.2) is 0 Å². The van der Waals surface area contributed by atoms with Gasteiger partial charge in [-0.2, -0.15) is 0 Å². The lowest BCUT2D eigenvalue weighted by Gasteiger charge is -2.42. The summed E-state index contributed by atoms with van der Waals surface area (Å²) in [5.41, 5.74) is 5.59. The lowest BCUT2D eigenvalue weighted by molar-refractivity contribution is 0.332. The minimum atomic E-state index is 0.183. The first-order chi connectivity index (χ1) is 13.2. The zero-order valence-corrected chi connectivity index (χ0v) is 17.8. The van der Waals surface area contributed by atoms with Crippen LogP contribution in [0.5, 0.6) is 11.5 Å². The van der Waals surface area contributed by atoms with E-state index in [9.17, 15) is 0 Å². The Morgan fingerprint density at radius 3 is 2.07 bits per heavy atom. The van der Waals surface area contributed by atoms with Crippen molar-refractivity contribution in [2.24, 2.45) is 0 Å². The van der Waals surface area contributed by atoms with Crippen LogP contribution in [0, 0.1) is 0 Å². The second-order valence-electron chi connectivity index (χ2n) is 9.12. The first kappa shape index (κ1) is 19.1. The van der Waals surface area contributed by atoms with Crippen LogP contribution in [0.15, 0.2) is 66.7 Å². The average molecular weight is 391 g/mol. The van der Waals surface area contributed by atoms with Crippen LogP contribution in [0.25, 0.3) is 11.1 Å². The zero-order chi connectivity index (χ0) is 19.9. The highest BCUT2D eigenvalue weighted by molar-refractivity contribution is 6.31. The van der Waals surface area contributed by atoms with Gasteiger partial charge in [-0.05, 0) is 76.3 Å². The fourth-order valence-corrected chi connectivity index (χ4v) is 4.41. The number of para-hydroxylation sites is 1. The van der Waals surface area contributed by atoms with Gasteiger partial charge in [0.15, 0.2) is 0 Å². The molecule has 1 nitrogen and oxygen atoms in total. The molecular weight excluding hydrogens is 364 g/mol. The maximum atomic E-state index is 6.43. The van der Waals surface area contributed by atoms with E-state index in [1.165, 1.54) is 29.5 Å². The van der Waals surface area contributed by atoms with Crippen LogP contribution in [0.3, 0.4) is 0 Å². The minimum absolute atomic E-state index is 0.183. The number of benzene rings is 3. The molecule has 0 aromatic heterocycles. The third kappa shape index (κ3) is 3.69. The Kier molecular flexibility index (Phi) is 4.75. The molecule has 0 atom stereocenters. The predicted octanol–water partition coefficient (Wildman–Crippen LogP) is 8.15. The maximum Gasteiger partial charge on any atom is 0.129 e. The molecule has 4 rings (SSSR count). The molecule has 0 aliphatic heterocycles. The number of halogens is 1. The monoisotopic (exact) mass is 390 g/mol. The molecule has 0 unspecified atom stereocenters. The van der Waals surface area contributed by atoms with Gasteiger partial charge in [0.1, 0.15) is 11.5 Å². The summed E-state index contributed by atoms with van der Waals surface area (Å²) < 4.78 is 6.02. The molecule has 0 N–H and O–H groups in total. The van der Waals surface area contributed by atoms with Crippen molar-refractivity contribution < 1.29 is 4.74 Å². The highest BCUT2D eigenvalue weighted by atomic mass is 35.5. The van der Waals surface area contributed by atoms with Crippen molar-refractivity contribution in [3.8, 4) is 22.6 Å².